The summed E-state index contributed by atoms with van der Waals surface area (Å²) >= 11 is 0. The molecule has 0 unspecified atom stereocenters. The second kappa shape index (κ2) is 9.25. The van der Waals surface area contributed by atoms with Crippen molar-refractivity contribution >= 4 is 18.0 Å². The molecular weight excluding hydrogens is 420 g/mol. The predicted octanol–water partition coefficient (Wildman–Crippen LogP) is 4.16. The summed E-state index contributed by atoms with van der Waals surface area (Å²) in [5, 5.41) is 12.4. The van der Waals surface area contributed by atoms with E-state index in [9.17, 15) is 19.5 Å². The Balaban J connectivity index is 1.37. The molecule has 0 bridgehead atoms. The van der Waals surface area contributed by atoms with Gasteiger partial charge in [0, 0.05) is 24.9 Å². The molecule has 0 spiro atoms. The minimum Gasteiger partial charge on any atom is -0.480 e. The average Bonchev–Trinajstić information content (AvgIpc) is 3.36. The molecule has 2 amide bonds. The molecule has 0 aromatic heterocycles. The molecule has 2 aromatic carbocycles. The lowest BCUT2D eigenvalue weighted by atomic mass is 9.98. The van der Waals surface area contributed by atoms with E-state index in [-0.39, 0.29) is 24.9 Å². The summed E-state index contributed by atoms with van der Waals surface area (Å²) in [5.74, 6) is -1.29. The largest absolute Gasteiger partial charge is 0.480 e. The topological polar surface area (TPSA) is 95.9 Å². The highest BCUT2D eigenvalue weighted by Gasteiger charge is 2.46. The molecule has 1 aliphatic carbocycles. The Hall–Kier alpha value is -3.35. The second-order valence-corrected chi connectivity index (χ2v) is 9.01. The molecule has 1 fully saturated rings. The van der Waals surface area contributed by atoms with Gasteiger partial charge in [0.1, 0.15) is 12.1 Å². The number of likely N-dealkylation sites (tertiary alicyclic amines) is 1. The van der Waals surface area contributed by atoms with Gasteiger partial charge < -0.3 is 20.1 Å². The van der Waals surface area contributed by atoms with Gasteiger partial charge in [0.2, 0.25) is 5.91 Å². The first-order valence-electron chi connectivity index (χ1n) is 11.5. The third kappa shape index (κ3) is 4.32. The first-order chi connectivity index (χ1) is 15.8. The van der Waals surface area contributed by atoms with Crippen molar-refractivity contribution in [2.24, 2.45) is 0 Å². The molecule has 4 rings (SSSR count). The van der Waals surface area contributed by atoms with Crippen LogP contribution >= 0.6 is 0 Å². The molecule has 2 N–H and O–H groups in total. The number of fused-ring (bicyclic) bond motifs is 3. The van der Waals surface area contributed by atoms with Crippen LogP contribution < -0.4 is 5.32 Å². The molecule has 7 nitrogen and oxygen atoms in total. The van der Waals surface area contributed by atoms with Crippen molar-refractivity contribution in [3.63, 3.8) is 0 Å². The number of rotatable bonds is 7. The van der Waals surface area contributed by atoms with Crippen molar-refractivity contribution in [1.29, 1.82) is 0 Å². The summed E-state index contributed by atoms with van der Waals surface area (Å²) < 4.78 is 5.59. The number of benzene rings is 2. The number of ether oxygens (including phenoxy) is 1. The first kappa shape index (κ1) is 22.8. The Bertz CT molecular complexity index is 1020. The van der Waals surface area contributed by atoms with E-state index in [0.29, 0.717) is 25.8 Å². The number of nitrogens with one attached hydrogen (secondary N) is 1. The summed E-state index contributed by atoms with van der Waals surface area (Å²) in [6, 6.07) is 15.8. The number of carbonyl (C=O) groups excluding carboxylic acids is 2. The molecule has 2 aliphatic rings. The van der Waals surface area contributed by atoms with Gasteiger partial charge in [0.05, 0.1) is 0 Å². The SMILES string of the molecule is CC[C@@H](CC(=O)N1CCC[C@]1(C)C(=O)O)NC(=O)OCC1c2ccccc2-c2ccccc21. The number of hydrogen-bond acceptors (Lipinski definition) is 4. The van der Waals surface area contributed by atoms with Crippen LogP contribution in [0.25, 0.3) is 11.1 Å². The normalized spacial score (nSPS) is 20.1. The number of carbonyl (C=O) groups is 3. The molecule has 2 atom stereocenters. The zero-order chi connectivity index (χ0) is 23.6. The number of amides is 2. The molecule has 2 aromatic rings. The summed E-state index contributed by atoms with van der Waals surface area (Å²) in [6.07, 6.45) is 1.10. The van der Waals surface area contributed by atoms with E-state index in [0.717, 1.165) is 22.3 Å². The van der Waals surface area contributed by atoms with Crippen molar-refractivity contribution in [1.82, 2.24) is 10.2 Å². The van der Waals surface area contributed by atoms with Gasteiger partial charge in [-0.3, -0.25) is 4.79 Å². The lowest BCUT2D eigenvalue weighted by molar-refractivity contribution is -0.155. The van der Waals surface area contributed by atoms with Crippen molar-refractivity contribution in [3.8, 4) is 11.1 Å². The predicted molar refractivity (Wildman–Crippen MR) is 124 cm³/mol. The van der Waals surface area contributed by atoms with Crippen molar-refractivity contribution < 1.29 is 24.2 Å². The van der Waals surface area contributed by atoms with Gasteiger partial charge in [0.25, 0.3) is 0 Å². The van der Waals surface area contributed by atoms with E-state index in [4.69, 9.17) is 4.74 Å². The van der Waals surface area contributed by atoms with E-state index in [2.05, 4.69) is 29.6 Å². The highest BCUT2D eigenvalue weighted by Crippen LogP contribution is 2.44. The molecule has 1 aliphatic heterocycles. The lowest BCUT2D eigenvalue weighted by Crippen LogP contribution is -2.52. The molecule has 1 heterocycles. The maximum atomic E-state index is 12.8. The third-order valence-corrected chi connectivity index (χ3v) is 6.98. The number of aliphatic carboxylic acids is 1. The highest BCUT2D eigenvalue weighted by molar-refractivity contribution is 5.88. The fourth-order valence-electron chi connectivity index (χ4n) is 5.01. The summed E-state index contributed by atoms with van der Waals surface area (Å²) in [6.45, 7) is 4.08. The zero-order valence-electron chi connectivity index (χ0n) is 19.0. The van der Waals surface area contributed by atoms with Crippen LogP contribution in [0.1, 0.15) is 56.6 Å². The molecule has 7 heteroatoms. The molecule has 1 saturated heterocycles. The van der Waals surface area contributed by atoms with Crippen LogP contribution in [0.5, 0.6) is 0 Å². The molecule has 0 radical (unpaired) electrons. The Labute approximate surface area is 193 Å². The Morgan fingerprint density at radius 3 is 2.30 bits per heavy atom. The first-order valence-corrected chi connectivity index (χ1v) is 11.5. The Kier molecular flexibility index (Phi) is 6.40. The molecule has 33 heavy (non-hydrogen) atoms. The van der Waals surface area contributed by atoms with Crippen molar-refractivity contribution in [2.45, 2.75) is 57.0 Å². The fourth-order valence-corrected chi connectivity index (χ4v) is 5.01. The third-order valence-electron chi connectivity index (χ3n) is 6.98. The van der Waals surface area contributed by atoms with Crippen LogP contribution in [0.2, 0.25) is 0 Å². The number of carboxylic acids is 1. The highest BCUT2D eigenvalue weighted by atomic mass is 16.5. The minimum atomic E-state index is -1.18. The molecule has 0 saturated carbocycles. The maximum absolute atomic E-state index is 12.8. The van der Waals surface area contributed by atoms with Gasteiger partial charge in [-0.25, -0.2) is 9.59 Å². The average molecular weight is 451 g/mol. The lowest BCUT2D eigenvalue weighted by Gasteiger charge is -2.32. The van der Waals surface area contributed by atoms with Crippen molar-refractivity contribution in [3.05, 3.63) is 59.7 Å². The van der Waals surface area contributed by atoms with Crippen LogP contribution in [0.3, 0.4) is 0 Å². The number of carboxylic acid groups (broad SMARTS) is 1. The van der Waals surface area contributed by atoms with E-state index >= 15 is 0 Å². The van der Waals surface area contributed by atoms with Gasteiger partial charge in [0.15, 0.2) is 0 Å². The van der Waals surface area contributed by atoms with Crippen LogP contribution in [0.15, 0.2) is 48.5 Å². The zero-order valence-corrected chi connectivity index (χ0v) is 19.0. The monoisotopic (exact) mass is 450 g/mol. The van der Waals surface area contributed by atoms with Gasteiger partial charge in [-0.2, -0.15) is 0 Å². The number of nitrogens with zero attached hydrogens (tertiary/aromatic N) is 1. The number of alkyl carbamates (subject to hydrolysis) is 1. The standard InChI is InChI=1S/C26H30N2O5/c1-3-17(15-23(29)28-14-8-13-26(28,2)24(30)31)27-25(32)33-16-22-20-11-6-4-9-18(20)19-10-5-7-12-21(19)22/h4-7,9-12,17,22H,3,8,13-16H2,1-2H3,(H,27,32)(H,30,31)/t17-,26+/m0/s1. The fraction of sp³-hybridized carbons (Fsp3) is 0.423. The van der Waals surface area contributed by atoms with Gasteiger partial charge in [-0.05, 0) is 48.4 Å². The van der Waals surface area contributed by atoms with E-state index in [1.807, 2.05) is 31.2 Å². The summed E-state index contributed by atoms with van der Waals surface area (Å²) in [4.78, 5) is 38.5. The van der Waals surface area contributed by atoms with Crippen LogP contribution in [-0.2, 0) is 14.3 Å². The summed E-state index contributed by atoms with van der Waals surface area (Å²) in [5.41, 5.74) is 3.41. The minimum absolute atomic E-state index is 0.0364. The van der Waals surface area contributed by atoms with E-state index < -0.39 is 23.6 Å². The Morgan fingerprint density at radius 1 is 1.12 bits per heavy atom. The van der Waals surface area contributed by atoms with E-state index in [1.54, 1.807) is 6.92 Å². The Morgan fingerprint density at radius 2 is 1.73 bits per heavy atom. The quantitative estimate of drug-likeness (QED) is 0.660. The number of hydrogen-bond donors (Lipinski definition) is 2. The summed E-state index contributed by atoms with van der Waals surface area (Å²) in [7, 11) is 0. The van der Waals surface area contributed by atoms with Crippen LogP contribution in [-0.4, -0.2) is 52.7 Å². The van der Waals surface area contributed by atoms with E-state index in [1.165, 1.54) is 4.90 Å². The maximum Gasteiger partial charge on any atom is 0.407 e. The van der Waals surface area contributed by atoms with Gasteiger partial charge >= 0.3 is 12.1 Å². The van der Waals surface area contributed by atoms with Crippen LogP contribution in [0.4, 0.5) is 4.79 Å². The van der Waals surface area contributed by atoms with Crippen molar-refractivity contribution in [2.75, 3.05) is 13.2 Å². The molecular formula is C26H30N2O5. The smallest absolute Gasteiger partial charge is 0.407 e. The second-order valence-electron chi connectivity index (χ2n) is 9.01. The van der Waals surface area contributed by atoms with Crippen LogP contribution in [0, 0.1) is 0 Å². The van der Waals surface area contributed by atoms with Gasteiger partial charge in [-0.15, -0.1) is 0 Å². The molecule has 174 valence electrons. The van der Waals surface area contributed by atoms with Gasteiger partial charge in [-0.1, -0.05) is 55.5 Å².